The third-order valence-corrected chi connectivity index (χ3v) is 4.66. The monoisotopic (exact) mass is 384 g/mol. The predicted octanol–water partition coefficient (Wildman–Crippen LogP) is 5.56. The molecular weight excluding hydrogens is 364 g/mol. The molecule has 6 heteroatoms. The lowest BCUT2D eigenvalue weighted by molar-refractivity contribution is 0.102. The number of anilines is 1. The van der Waals surface area contributed by atoms with Crippen molar-refractivity contribution < 1.29 is 14.4 Å². The fraction of sp³-hybridized carbons (Fsp3) is 0.238. The number of phenolic OH excluding ortho intramolecular Hbond substituents is 1. The van der Waals surface area contributed by atoms with E-state index in [2.05, 4.69) is 31.2 Å². The van der Waals surface area contributed by atoms with Crippen LogP contribution in [-0.4, -0.2) is 16.2 Å². The fourth-order valence-corrected chi connectivity index (χ4v) is 2.99. The van der Waals surface area contributed by atoms with Crippen molar-refractivity contribution >= 4 is 23.2 Å². The summed E-state index contributed by atoms with van der Waals surface area (Å²) in [6.07, 6.45) is 0. The van der Waals surface area contributed by atoms with Gasteiger partial charge in [-0.15, -0.1) is 0 Å². The second kappa shape index (κ2) is 7.08. The number of carbonyl (C=O) groups is 1. The molecule has 3 rings (SSSR count). The van der Waals surface area contributed by atoms with E-state index in [-0.39, 0.29) is 16.7 Å². The van der Waals surface area contributed by atoms with Gasteiger partial charge in [-0.3, -0.25) is 4.79 Å². The smallest absolute Gasteiger partial charge is 0.261 e. The molecule has 0 saturated heterocycles. The molecule has 1 aromatic heterocycles. The third-order valence-electron chi connectivity index (χ3n) is 4.33. The molecular formula is C21H21ClN2O3. The summed E-state index contributed by atoms with van der Waals surface area (Å²) in [4.78, 5) is 12.9. The molecule has 0 aliphatic carbocycles. The van der Waals surface area contributed by atoms with Gasteiger partial charge in [0.2, 0.25) is 0 Å². The van der Waals surface area contributed by atoms with Gasteiger partial charge < -0.3 is 14.9 Å². The number of nitrogens with one attached hydrogen (secondary N) is 1. The number of carbonyl (C=O) groups excluding carboxylic acids is 1. The SMILES string of the molecule is Cc1onc(-c2ccccc2Cl)c1C(=O)Nc1cc(C(C)(C)C)ccc1O. The van der Waals surface area contributed by atoms with Gasteiger partial charge in [0.25, 0.3) is 5.91 Å². The van der Waals surface area contributed by atoms with Gasteiger partial charge in [-0.1, -0.05) is 61.8 Å². The van der Waals surface area contributed by atoms with Gasteiger partial charge >= 0.3 is 0 Å². The van der Waals surface area contributed by atoms with E-state index in [1.54, 1.807) is 37.3 Å². The van der Waals surface area contributed by atoms with E-state index in [0.29, 0.717) is 27.7 Å². The second-order valence-electron chi connectivity index (χ2n) is 7.38. The molecule has 0 unspecified atom stereocenters. The van der Waals surface area contributed by atoms with Gasteiger partial charge in [0.15, 0.2) is 0 Å². The molecule has 0 spiro atoms. The maximum absolute atomic E-state index is 12.9. The zero-order valence-electron chi connectivity index (χ0n) is 15.6. The molecule has 0 radical (unpaired) electrons. The third kappa shape index (κ3) is 3.83. The van der Waals surface area contributed by atoms with Gasteiger partial charge in [-0.2, -0.15) is 0 Å². The molecule has 0 atom stereocenters. The highest BCUT2D eigenvalue weighted by Gasteiger charge is 2.24. The average Bonchev–Trinajstić information content (AvgIpc) is 2.97. The summed E-state index contributed by atoms with van der Waals surface area (Å²) in [6, 6.07) is 12.3. The first-order valence-corrected chi connectivity index (χ1v) is 8.92. The van der Waals surface area contributed by atoms with Crippen LogP contribution in [0.4, 0.5) is 5.69 Å². The number of hydrogen-bond donors (Lipinski definition) is 2. The molecule has 2 aromatic carbocycles. The normalized spacial score (nSPS) is 11.4. The topological polar surface area (TPSA) is 75.4 Å². The molecule has 0 aliphatic rings. The zero-order chi connectivity index (χ0) is 19.8. The van der Waals surface area contributed by atoms with Crippen molar-refractivity contribution in [2.45, 2.75) is 33.1 Å². The summed E-state index contributed by atoms with van der Waals surface area (Å²) in [5.74, 6) is -0.0661. The Hall–Kier alpha value is -2.79. The largest absolute Gasteiger partial charge is 0.506 e. The molecule has 0 fully saturated rings. The van der Waals surface area contributed by atoms with E-state index < -0.39 is 5.91 Å². The Bertz CT molecular complexity index is 1000. The summed E-state index contributed by atoms with van der Waals surface area (Å²) in [6.45, 7) is 7.84. The van der Waals surface area contributed by atoms with Crippen LogP contribution >= 0.6 is 11.6 Å². The molecule has 1 heterocycles. The number of hydrogen-bond acceptors (Lipinski definition) is 4. The lowest BCUT2D eigenvalue weighted by Gasteiger charge is -2.20. The minimum Gasteiger partial charge on any atom is -0.506 e. The second-order valence-corrected chi connectivity index (χ2v) is 7.79. The standard InChI is InChI=1S/C21H21ClN2O3/c1-12-18(19(24-27-12)14-7-5-6-8-15(14)22)20(26)23-16-11-13(21(2,3)4)9-10-17(16)25/h5-11,25H,1-4H3,(H,23,26). The molecule has 2 N–H and O–H groups in total. The number of nitrogens with zero attached hydrogens (tertiary/aromatic N) is 1. The number of aromatic nitrogens is 1. The van der Waals surface area contributed by atoms with Crippen LogP contribution in [0.25, 0.3) is 11.3 Å². The Labute approximate surface area is 163 Å². The van der Waals surface area contributed by atoms with Crippen molar-refractivity contribution in [2.24, 2.45) is 0 Å². The quantitative estimate of drug-likeness (QED) is 0.580. The van der Waals surface area contributed by atoms with E-state index in [0.717, 1.165) is 5.56 Å². The van der Waals surface area contributed by atoms with Gasteiger partial charge in [-0.05, 0) is 36.1 Å². The van der Waals surface area contributed by atoms with Gasteiger partial charge in [-0.25, -0.2) is 0 Å². The molecule has 140 valence electrons. The van der Waals surface area contributed by atoms with Crippen LogP contribution in [0.15, 0.2) is 47.0 Å². The van der Waals surface area contributed by atoms with Gasteiger partial charge in [0, 0.05) is 5.56 Å². The number of aryl methyl sites for hydroxylation is 1. The van der Waals surface area contributed by atoms with E-state index in [4.69, 9.17) is 16.1 Å². The highest BCUT2D eigenvalue weighted by Crippen LogP contribution is 2.34. The van der Waals surface area contributed by atoms with E-state index >= 15 is 0 Å². The molecule has 1 amide bonds. The molecule has 0 saturated carbocycles. The van der Waals surface area contributed by atoms with Crippen molar-refractivity contribution in [2.75, 3.05) is 5.32 Å². The first kappa shape index (κ1) is 19.0. The molecule has 0 bridgehead atoms. The van der Waals surface area contributed by atoms with Crippen molar-refractivity contribution in [1.82, 2.24) is 5.16 Å². The highest BCUT2D eigenvalue weighted by molar-refractivity contribution is 6.33. The van der Waals surface area contributed by atoms with Crippen molar-refractivity contribution in [3.63, 3.8) is 0 Å². The van der Waals surface area contributed by atoms with Crippen LogP contribution in [0.1, 0.15) is 42.5 Å². The van der Waals surface area contributed by atoms with Gasteiger partial charge in [0.05, 0.1) is 10.7 Å². The number of aromatic hydroxyl groups is 1. The highest BCUT2D eigenvalue weighted by atomic mass is 35.5. The van der Waals surface area contributed by atoms with E-state index in [1.165, 1.54) is 0 Å². The summed E-state index contributed by atoms with van der Waals surface area (Å²) >= 11 is 6.25. The number of amides is 1. The molecule has 5 nitrogen and oxygen atoms in total. The maximum atomic E-state index is 12.9. The van der Waals surface area contributed by atoms with Crippen molar-refractivity contribution in [1.29, 1.82) is 0 Å². The predicted molar refractivity (Wildman–Crippen MR) is 106 cm³/mol. The summed E-state index contributed by atoms with van der Waals surface area (Å²) in [7, 11) is 0. The van der Waals surface area contributed by atoms with E-state index in [9.17, 15) is 9.90 Å². The Balaban J connectivity index is 2.00. The Morgan fingerprint density at radius 3 is 2.56 bits per heavy atom. The van der Waals surface area contributed by atoms with Crippen LogP contribution in [0, 0.1) is 6.92 Å². The first-order valence-electron chi connectivity index (χ1n) is 8.54. The summed E-state index contributed by atoms with van der Waals surface area (Å²) in [5.41, 5.74) is 2.45. The van der Waals surface area contributed by atoms with Crippen molar-refractivity contribution in [3.8, 4) is 17.0 Å². The van der Waals surface area contributed by atoms with Crippen molar-refractivity contribution in [3.05, 3.63) is 64.4 Å². The molecule has 0 aliphatic heterocycles. The number of halogens is 1. The van der Waals surface area contributed by atoms with Crippen LogP contribution in [0.5, 0.6) is 5.75 Å². The summed E-state index contributed by atoms with van der Waals surface area (Å²) < 4.78 is 5.24. The van der Waals surface area contributed by atoms with Crippen LogP contribution in [0.3, 0.4) is 0 Å². The molecule has 3 aromatic rings. The van der Waals surface area contributed by atoms with E-state index in [1.807, 2.05) is 12.1 Å². The number of rotatable bonds is 3. The number of benzene rings is 2. The first-order chi connectivity index (χ1) is 12.7. The van der Waals surface area contributed by atoms with Crippen LogP contribution in [0.2, 0.25) is 5.02 Å². The minimum atomic E-state index is -0.426. The number of phenols is 1. The Morgan fingerprint density at radius 2 is 1.89 bits per heavy atom. The average molecular weight is 385 g/mol. The van der Waals surface area contributed by atoms with Crippen LogP contribution in [-0.2, 0) is 5.41 Å². The minimum absolute atomic E-state index is 0.00949. The zero-order valence-corrected chi connectivity index (χ0v) is 16.4. The molecule has 27 heavy (non-hydrogen) atoms. The Kier molecular flexibility index (Phi) is 4.98. The van der Waals surface area contributed by atoms with Crippen LogP contribution < -0.4 is 5.32 Å². The fourth-order valence-electron chi connectivity index (χ4n) is 2.76. The Morgan fingerprint density at radius 1 is 1.19 bits per heavy atom. The summed E-state index contributed by atoms with van der Waals surface area (Å²) in [5, 5.41) is 17.4. The maximum Gasteiger partial charge on any atom is 0.261 e. The lowest BCUT2D eigenvalue weighted by Crippen LogP contribution is -2.16. The van der Waals surface area contributed by atoms with Gasteiger partial charge in [0.1, 0.15) is 22.8 Å². The lowest BCUT2D eigenvalue weighted by atomic mass is 9.87.